The van der Waals surface area contributed by atoms with Crippen molar-refractivity contribution in [2.75, 3.05) is 6.54 Å². The van der Waals surface area contributed by atoms with Crippen LogP contribution in [0.1, 0.15) is 23.1 Å². The quantitative estimate of drug-likeness (QED) is 0.403. The molecule has 0 bridgehead atoms. The fraction of sp³-hybridized carbons (Fsp3) is 0.167. The van der Waals surface area contributed by atoms with Crippen molar-refractivity contribution in [3.8, 4) is 5.75 Å². The Bertz CT molecular complexity index is 886. The van der Waals surface area contributed by atoms with Crippen molar-refractivity contribution >= 4 is 18.0 Å². The van der Waals surface area contributed by atoms with E-state index < -0.39 is 6.36 Å². The molecule has 2 nitrogen and oxygen atoms in total. The molecule has 0 radical (unpaired) electrons. The number of rotatable bonds is 8. The average molecular weight is 434 g/mol. The molecule has 0 fully saturated rings. The highest BCUT2D eigenvalue weighted by Crippen LogP contribution is 2.24. The molecule has 1 N–H and O–H groups in total. The summed E-state index contributed by atoms with van der Waals surface area (Å²) in [5.41, 5.74) is 4.20. The summed E-state index contributed by atoms with van der Waals surface area (Å²) in [4.78, 5) is 0. The van der Waals surface area contributed by atoms with Gasteiger partial charge in [-0.2, -0.15) is 0 Å². The summed E-state index contributed by atoms with van der Waals surface area (Å²) in [6.07, 6.45) is -1.71. The summed E-state index contributed by atoms with van der Waals surface area (Å²) in [6.45, 7) is 1.17. The van der Waals surface area contributed by atoms with Crippen LogP contribution in [0, 0.1) is 0 Å². The van der Waals surface area contributed by atoms with Crippen molar-refractivity contribution in [1.82, 2.24) is 5.32 Å². The van der Waals surface area contributed by atoms with Crippen molar-refractivity contribution in [2.24, 2.45) is 0 Å². The molecule has 0 aliphatic heterocycles. The van der Waals surface area contributed by atoms with E-state index in [1.165, 1.54) is 12.1 Å². The maximum Gasteiger partial charge on any atom is 0.573 e. The molecule has 0 heterocycles. The topological polar surface area (TPSA) is 21.3 Å². The van der Waals surface area contributed by atoms with Crippen LogP contribution in [0.15, 0.2) is 91.0 Å². The minimum absolute atomic E-state index is 0. The highest BCUT2D eigenvalue weighted by molar-refractivity contribution is 5.85. The molecule has 0 saturated heterocycles. The molecular weight excluding hydrogens is 411 g/mol. The number of nitrogens with one attached hydrogen (secondary N) is 1. The van der Waals surface area contributed by atoms with Gasteiger partial charge in [-0.1, -0.05) is 78.9 Å². The summed E-state index contributed by atoms with van der Waals surface area (Å²) in [6, 6.07) is 26.4. The van der Waals surface area contributed by atoms with Gasteiger partial charge >= 0.3 is 6.36 Å². The lowest BCUT2D eigenvalue weighted by Gasteiger charge is -2.11. The molecular formula is C24H23ClF3NO. The first-order valence-electron chi connectivity index (χ1n) is 9.38. The van der Waals surface area contributed by atoms with Crippen LogP contribution < -0.4 is 10.1 Å². The van der Waals surface area contributed by atoms with E-state index in [1.54, 1.807) is 12.1 Å². The maximum absolute atomic E-state index is 12.3. The lowest BCUT2D eigenvalue weighted by molar-refractivity contribution is -0.274. The Morgan fingerprint density at radius 2 is 1.43 bits per heavy atom. The first-order valence-corrected chi connectivity index (χ1v) is 9.38. The van der Waals surface area contributed by atoms with Gasteiger partial charge in [-0.25, -0.2) is 0 Å². The van der Waals surface area contributed by atoms with E-state index in [0.717, 1.165) is 28.7 Å². The third-order valence-electron chi connectivity index (χ3n) is 4.30. The number of halogens is 4. The van der Waals surface area contributed by atoms with Gasteiger partial charge in [0.15, 0.2) is 0 Å². The van der Waals surface area contributed by atoms with Gasteiger partial charge in [-0.05, 0) is 47.4 Å². The van der Waals surface area contributed by atoms with Crippen molar-refractivity contribution in [3.05, 3.63) is 108 Å². The van der Waals surface area contributed by atoms with E-state index in [2.05, 4.69) is 40.4 Å². The predicted molar refractivity (Wildman–Crippen MR) is 117 cm³/mol. The second kappa shape index (κ2) is 11.4. The normalized spacial score (nSPS) is 10.8. The van der Waals surface area contributed by atoms with Crippen molar-refractivity contribution in [2.45, 2.75) is 19.3 Å². The Balaban J connectivity index is 0.00000320. The first kappa shape index (κ1) is 23.5. The summed E-state index contributed by atoms with van der Waals surface area (Å²) < 4.78 is 41.0. The van der Waals surface area contributed by atoms with Gasteiger partial charge in [-0.15, -0.1) is 25.6 Å². The number of ether oxygens (including phenoxy) is 1. The third-order valence-corrected chi connectivity index (χ3v) is 4.30. The van der Waals surface area contributed by atoms with Gasteiger partial charge in [0.25, 0.3) is 0 Å². The van der Waals surface area contributed by atoms with Crippen LogP contribution in [0.5, 0.6) is 5.75 Å². The van der Waals surface area contributed by atoms with Crippen molar-refractivity contribution < 1.29 is 17.9 Å². The SMILES string of the molecule is Cl.FC(F)(F)Oc1cccc(CNCCC=C(c2ccccc2)c2ccccc2)c1. The summed E-state index contributed by atoms with van der Waals surface area (Å²) in [7, 11) is 0. The van der Waals surface area contributed by atoms with Gasteiger partial charge in [0.2, 0.25) is 0 Å². The molecule has 30 heavy (non-hydrogen) atoms. The standard InChI is InChI=1S/C24H22F3NO.ClH/c25-24(26,27)29-22-14-7-9-19(17-22)18-28-16-8-15-23(20-10-3-1-4-11-20)21-12-5-2-6-13-21;/h1-7,9-15,17,28H,8,16,18H2;1H. The average Bonchev–Trinajstić information content (AvgIpc) is 2.71. The molecule has 0 aliphatic rings. The molecule has 0 amide bonds. The van der Waals surface area contributed by atoms with Crippen LogP contribution in [0.25, 0.3) is 5.57 Å². The van der Waals surface area contributed by atoms with E-state index in [9.17, 15) is 13.2 Å². The van der Waals surface area contributed by atoms with Crippen LogP contribution in [0.4, 0.5) is 13.2 Å². The monoisotopic (exact) mass is 433 g/mol. The van der Waals surface area contributed by atoms with Crippen LogP contribution in [-0.2, 0) is 6.54 Å². The Kier molecular flexibility index (Phi) is 8.96. The molecule has 3 rings (SSSR count). The van der Waals surface area contributed by atoms with Crippen LogP contribution in [-0.4, -0.2) is 12.9 Å². The van der Waals surface area contributed by atoms with E-state index in [1.807, 2.05) is 36.4 Å². The van der Waals surface area contributed by atoms with Crippen LogP contribution in [0.3, 0.4) is 0 Å². The molecule has 0 aromatic heterocycles. The largest absolute Gasteiger partial charge is 0.573 e. The molecule has 0 saturated carbocycles. The fourth-order valence-corrected chi connectivity index (χ4v) is 3.04. The zero-order valence-electron chi connectivity index (χ0n) is 16.2. The lowest BCUT2D eigenvalue weighted by Crippen LogP contribution is -2.18. The lowest BCUT2D eigenvalue weighted by atomic mass is 9.97. The molecule has 158 valence electrons. The summed E-state index contributed by atoms with van der Waals surface area (Å²) >= 11 is 0. The molecule has 6 heteroatoms. The van der Waals surface area contributed by atoms with Crippen molar-refractivity contribution in [3.63, 3.8) is 0 Å². The van der Waals surface area contributed by atoms with E-state index in [4.69, 9.17) is 0 Å². The van der Waals surface area contributed by atoms with Crippen LogP contribution >= 0.6 is 12.4 Å². The fourth-order valence-electron chi connectivity index (χ4n) is 3.04. The highest BCUT2D eigenvalue weighted by Gasteiger charge is 2.31. The second-order valence-electron chi connectivity index (χ2n) is 6.51. The first-order chi connectivity index (χ1) is 14.0. The summed E-state index contributed by atoms with van der Waals surface area (Å²) in [5, 5.41) is 3.27. The smallest absolute Gasteiger partial charge is 0.406 e. The highest BCUT2D eigenvalue weighted by atomic mass is 35.5. The zero-order chi connectivity index (χ0) is 20.5. The van der Waals surface area contributed by atoms with Crippen molar-refractivity contribution in [1.29, 1.82) is 0 Å². The van der Waals surface area contributed by atoms with Gasteiger partial charge in [0.05, 0.1) is 0 Å². The van der Waals surface area contributed by atoms with E-state index in [-0.39, 0.29) is 18.2 Å². The van der Waals surface area contributed by atoms with Gasteiger partial charge in [0.1, 0.15) is 5.75 Å². The molecule has 3 aromatic rings. The molecule has 3 aromatic carbocycles. The number of alkyl halides is 3. The second-order valence-corrected chi connectivity index (χ2v) is 6.51. The molecule has 0 spiro atoms. The van der Waals surface area contributed by atoms with Gasteiger partial charge in [0, 0.05) is 6.54 Å². The zero-order valence-corrected chi connectivity index (χ0v) is 17.0. The molecule has 0 aliphatic carbocycles. The molecule has 0 atom stereocenters. The van der Waals surface area contributed by atoms with E-state index in [0.29, 0.717) is 13.1 Å². The van der Waals surface area contributed by atoms with Gasteiger partial charge < -0.3 is 10.1 Å². The van der Waals surface area contributed by atoms with Gasteiger partial charge in [-0.3, -0.25) is 0 Å². The van der Waals surface area contributed by atoms with Crippen LogP contribution in [0.2, 0.25) is 0 Å². The molecule has 0 unspecified atom stereocenters. The number of hydrogen-bond donors (Lipinski definition) is 1. The Morgan fingerprint density at radius 3 is 2.00 bits per heavy atom. The Labute approximate surface area is 180 Å². The summed E-state index contributed by atoms with van der Waals surface area (Å²) in [5.74, 6) is -0.202. The Morgan fingerprint density at radius 1 is 0.833 bits per heavy atom. The number of hydrogen-bond acceptors (Lipinski definition) is 2. The third kappa shape index (κ3) is 7.58. The minimum Gasteiger partial charge on any atom is -0.406 e. The van der Waals surface area contributed by atoms with E-state index >= 15 is 0 Å². The maximum atomic E-state index is 12.3. The predicted octanol–water partition coefficient (Wildman–Crippen LogP) is 6.62. The minimum atomic E-state index is -4.68. The number of benzene rings is 3. The Hall–Kier alpha value is -2.76.